The fourth-order valence-corrected chi connectivity index (χ4v) is 4.45. The number of hydrazine groups is 1. The van der Waals surface area contributed by atoms with E-state index >= 15 is 0 Å². The van der Waals surface area contributed by atoms with Gasteiger partial charge < -0.3 is 0 Å². The number of thioether (sulfide) groups is 1. The Morgan fingerprint density at radius 3 is 2.67 bits per heavy atom. The first kappa shape index (κ1) is 18.0. The molecule has 136 valence electrons. The largest absolute Gasteiger partial charge is 0.272 e. The molecule has 0 saturated heterocycles. The molecule has 27 heavy (non-hydrogen) atoms. The Bertz CT molecular complexity index is 1140. The van der Waals surface area contributed by atoms with Crippen LogP contribution in [0.3, 0.4) is 0 Å². The number of nitrogens with zero attached hydrogens (tertiary/aromatic N) is 3. The third-order valence-corrected chi connectivity index (χ3v) is 6.13. The number of carbonyl (C=O) groups is 2. The van der Waals surface area contributed by atoms with Gasteiger partial charge in [0.25, 0.3) is 5.91 Å². The van der Waals surface area contributed by atoms with Gasteiger partial charge in [-0.3, -0.25) is 24.8 Å². The summed E-state index contributed by atoms with van der Waals surface area (Å²) in [4.78, 5) is 24.8. The van der Waals surface area contributed by atoms with Crippen LogP contribution in [-0.2, 0) is 4.79 Å². The van der Waals surface area contributed by atoms with Gasteiger partial charge in [0.2, 0.25) is 10.9 Å². The standard InChI is InChI=1S/C17H12BrN5O2S2/c18-11-7-5-10(6-8-11)15(25)20-19-14(24)9-26-16-21-22-17-23(16)12-3-1-2-4-13(12)27-17/h1-8H,9H2,(H,19,24)(H,20,25). The van der Waals surface area contributed by atoms with E-state index in [1.165, 1.54) is 11.8 Å². The molecular weight excluding hydrogens is 450 g/mol. The topological polar surface area (TPSA) is 88.4 Å². The molecule has 0 saturated carbocycles. The zero-order valence-electron chi connectivity index (χ0n) is 13.7. The van der Waals surface area contributed by atoms with Crippen molar-refractivity contribution in [2.24, 2.45) is 0 Å². The molecule has 0 aliphatic carbocycles. The van der Waals surface area contributed by atoms with E-state index < -0.39 is 0 Å². The van der Waals surface area contributed by atoms with Crippen LogP contribution in [0.4, 0.5) is 0 Å². The van der Waals surface area contributed by atoms with Crippen molar-refractivity contribution < 1.29 is 9.59 Å². The Morgan fingerprint density at radius 2 is 1.85 bits per heavy atom. The maximum atomic E-state index is 12.1. The van der Waals surface area contributed by atoms with Gasteiger partial charge in [0.15, 0.2) is 5.16 Å². The fraction of sp³-hybridized carbons (Fsp3) is 0.0588. The monoisotopic (exact) mass is 461 g/mol. The summed E-state index contributed by atoms with van der Waals surface area (Å²) in [5, 5.41) is 8.94. The molecule has 0 aliphatic rings. The Labute approximate surface area is 170 Å². The van der Waals surface area contributed by atoms with Gasteiger partial charge in [-0.05, 0) is 36.4 Å². The molecule has 2 amide bonds. The molecule has 2 heterocycles. The van der Waals surface area contributed by atoms with Crippen LogP contribution < -0.4 is 10.9 Å². The predicted octanol–water partition coefficient (Wildman–Crippen LogP) is 3.26. The van der Waals surface area contributed by atoms with Gasteiger partial charge in [-0.1, -0.05) is 51.2 Å². The average Bonchev–Trinajstić information content (AvgIpc) is 3.24. The lowest BCUT2D eigenvalue weighted by Crippen LogP contribution is -2.42. The number of hydrogen-bond donors (Lipinski definition) is 2. The maximum Gasteiger partial charge on any atom is 0.269 e. The Kier molecular flexibility index (Phi) is 5.10. The second-order valence-corrected chi connectivity index (χ2v) is 8.34. The first-order valence-corrected chi connectivity index (χ1v) is 10.4. The number of hydrogen-bond acceptors (Lipinski definition) is 6. The highest BCUT2D eigenvalue weighted by atomic mass is 79.9. The first-order chi connectivity index (χ1) is 13.1. The number of rotatable bonds is 4. The van der Waals surface area contributed by atoms with Gasteiger partial charge in [0.05, 0.1) is 16.0 Å². The summed E-state index contributed by atoms with van der Waals surface area (Å²) >= 11 is 6.11. The van der Waals surface area contributed by atoms with Gasteiger partial charge in [-0.25, -0.2) is 0 Å². The molecule has 4 aromatic rings. The molecule has 0 aliphatic heterocycles. The van der Waals surface area contributed by atoms with E-state index in [9.17, 15) is 9.59 Å². The summed E-state index contributed by atoms with van der Waals surface area (Å²) in [7, 11) is 0. The number of nitrogens with one attached hydrogen (secondary N) is 2. The van der Waals surface area contributed by atoms with Crippen molar-refractivity contribution in [2.45, 2.75) is 5.16 Å². The number of aromatic nitrogens is 3. The molecule has 0 unspecified atom stereocenters. The maximum absolute atomic E-state index is 12.1. The van der Waals surface area contributed by atoms with E-state index in [0.29, 0.717) is 10.7 Å². The zero-order chi connectivity index (χ0) is 18.8. The summed E-state index contributed by atoms with van der Waals surface area (Å²) in [6.45, 7) is 0. The van der Waals surface area contributed by atoms with Crippen molar-refractivity contribution in [2.75, 3.05) is 5.75 Å². The van der Waals surface area contributed by atoms with Gasteiger partial charge >= 0.3 is 0 Å². The number of fused-ring (bicyclic) bond motifs is 3. The van der Waals surface area contributed by atoms with E-state index in [1.54, 1.807) is 35.6 Å². The zero-order valence-corrected chi connectivity index (χ0v) is 16.9. The molecule has 10 heteroatoms. The quantitative estimate of drug-likeness (QED) is 0.359. The van der Waals surface area contributed by atoms with Crippen molar-refractivity contribution >= 4 is 66.0 Å². The van der Waals surface area contributed by atoms with Crippen LogP contribution in [0.25, 0.3) is 15.2 Å². The second kappa shape index (κ2) is 7.67. The molecule has 2 aromatic carbocycles. The molecular formula is C17H12BrN5O2S2. The summed E-state index contributed by atoms with van der Waals surface area (Å²) in [5.74, 6) is -0.609. The lowest BCUT2D eigenvalue weighted by molar-refractivity contribution is -0.119. The summed E-state index contributed by atoms with van der Waals surface area (Å²) < 4.78 is 3.91. The lowest BCUT2D eigenvalue weighted by atomic mass is 10.2. The van der Waals surface area contributed by atoms with Crippen molar-refractivity contribution in [3.8, 4) is 0 Å². The minimum atomic E-state index is -0.380. The van der Waals surface area contributed by atoms with Crippen LogP contribution in [0.15, 0.2) is 58.2 Å². The lowest BCUT2D eigenvalue weighted by Gasteiger charge is -2.07. The van der Waals surface area contributed by atoms with E-state index in [0.717, 1.165) is 19.7 Å². The van der Waals surface area contributed by atoms with Crippen LogP contribution in [0.2, 0.25) is 0 Å². The number of amides is 2. The molecule has 7 nitrogen and oxygen atoms in total. The average molecular weight is 462 g/mol. The van der Waals surface area contributed by atoms with Crippen molar-refractivity contribution in [3.05, 3.63) is 58.6 Å². The first-order valence-electron chi connectivity index (χ1n) is 7.82. The Hall–Kier alpha value is -2.43. The highest BCUT2D eigenvalue weighted by Crippen LogP contribution is 2.29. The van der Waals surface area contributed by atoms with E-state index in [1.807, 2.05) is 28.7 Å². The SMILES string of the molecule is O=C(CSc1nnc2sc3ccccc3n12)NNC(=O)c1ccc(Br)cc1. The molecule has 0 radical (unpaired) electrons. The van der Waals surface area contributed by atoms with Crippen molar-refractivity contribution in [1.29, 1.82) is 0 Å². The molecule has 4 rings (SSSR count). The van der Waals surface area contributed by atoms with Crippen LogP contribution >= 0.6 is 39.0 Å². The van der Waals surface area contributed by atoms with E-state index in [-0.39, 0.29) is 17.6 Å². The van der Waals surface area contributed by atoms with Gasteiger partial charge in [0, 0.05) is 10.0 Å². The molecule has 0 fully saturated rings. The van der Waals surface area contributed by atoms with Gasteiger partial charge in [0.1, 0.15) is 0 Å². The number of halogens is 1. The minimum absolute atomic E-state index is 0.103. The molecule has 2 N–H and O–H groups in total. The summed E-state index contributed by atoms with van der Waals surface area (Å²) in [5.41, 5.74) is 6.28. The predicted molar refractivity (Wildman–Crippen MR) is 109 cm³/mol. The fourth-order valence-electron chi connectivity index (χ4n) is 2.42. The summed E-state index contributed by atoms with van der Waals surface area (Å²) in [6, 6.07) is 14.8. The Balaban J connectivity index is 1.37. The van der Waals surface area contributed by atoms with E-state index in [2.05, 4.69) is 37.0 Å². The van der Waals surface area contributed by atoms with Crippen molar-refractivity contribution in [1.82, 2.24) is 25.4 Å². The number of para-hydroxylation sites is 1. The smallest absolute Gasteiger partial charge is 0.269 e. The van der Waals surface area contributed by atoms with Gasteiger partial charge in [-0.15, -0.1) is 10.2 Å². The second-order valence-electron chi connectivity index (χ2n) is 5.47. The molecule has 0 bridgehead atoms. The van der Waals surface area contributed by atoms with Crippen molar-refractivity contribution in [3.63, 3.8) is 0 Å². The van der Waals surface area contributed by atoms with Crippen LogP contribution in [0.1, 0.15) is 10.4 Å². The van der Waals surface area contributed by atoms with Gasteiger partial charge in [-0.2, -0.15) is 0 Å². The highest BCUT2D eigenvalue weighted by Gasteiger charge is 2.14. The van der Waals surface area contributed by atoms with Crippen LogP contribution in [-0.4, -0.2) is 32.2 Å². The molecule has 2 aromatic heterocycles. The number of carbonyl (C=O) groups excluding carboxylic acids is 2. The Morgan fingerprint density at radius 1 is 1.07 bits per heavy atom. The number of benzene rings is 2. The third kappa shape index (κ3) is 3.82. The third-order valence-electron chi connectivity index (χ3n) is 3.67. The highest BCUT2D eigenvalue weighted by molar-refractivity contribution is 9.10. The van der Waals surface area contributed by atoms with E-state index in [4.69, 9.17) is 0 Å². The summed E-state index contributed by atoms with van der Waals surface area (Å²) in [6.07, 6.45) is 0. The van der Waals surface area contributed by atoms with Crippen LogP contribution in [0.5, 0.6) is 0 Å². The molecule has 0 spiro atoms. The minimum Gasteiger partial charge on any atom is -0.272 e. The molecule has 0 atom stereocenters. The normalized spacial score (nSPS) is 11.0. The number of thiazole rings is 1. The van der Waals surface area contributed by atoms with Crippen LogP contribution in [0, 0.1) is 0 Å².